The molecule has 0 aliphatic carbocycles. The van der Waals surface area contributed by atoms with Crippen LogP contribution in [0, 0.1) is 0 Å². The molecular formula is C19H25F3N2O5. The van der Waals surface area contributed by atoms with Crippen LogP contribution < -0.4 is 0 Å². The Kier molecular flexibility index (Phi) is 9.09. The number of likely N-dealkylation sites (tertiary alicyclic amines) is 1. The molecule has 2 rings (SSSR count). The Hall–Kier alpha value is -2.62. The third kappa shape index (κ3) is 7.72. The summed E-state index contributed by atoms with van der Waals surface area (Å²) in [7, 11) is 5.26. The topological polar surface area (TPSA) is 87.2 Å². The molecule has 1 aromatic carbocycles. The summed E-state index contributed by atoms with van der Waals surface area (Å²) in [4.78, 5) is 37.1. The zero-order chi connectivity index (χ0) is 22.2. The van der Waals surface area contributed by atoms with Gasteiger partial charge in [0.15, 0.2) is 0 Å². The molecule has 0 radical (unpaired) electrons. The maximum Gasteiger partial charge on any atom is 0.490 e. The average Bonchev–Trinajstić information content (AvgIpc) is 2.68. The molecule has 1 fully saturated rings. The maximum absolute atomic E-state index is 12.5. The number of ether oxygens (including phenoxy) is 1. The minimum Gasteiger partial charge on any atom is -0.475 e. The van der Waals surface area contributed by atoms with E-state index in [0.717, 1.165) is 13.0 Å². The lowest BCUT2D eigenvalue weighted by Crippen LogP contribution is -2.45. The number of carboxylic acids is 1. The highest BCUT2D eigenvalue weighted by Gasteiger charge is 2.38. The average molecular weight is 418 g/mol. The Morgan fingerprint density at radius 3 is 2.34 bits per heavy atom. The molecule has 10 heteroatoms. The van der Waals surface area contributed by atoms with E-state index in [1.807, 2.05) is 7.05 Å². The molecule has 0 saturated carbocycles. The first kappa shape index (κ1) is 24.4. The van der Waals surface area contributed by atoms with Gasteiger partial charge in [-0.25, -0.2) is 9.59 Å². The van der Waals surface area contributed by atoms with Gasteiger partial charge in [-0.1, -0.05) is 12.5 Å². The third-order valence-corrected chi connectivity index (χ3v) is 4.53. The summed E-state index contributed by atoms with van der Waals surface area (Å²) in [6, 6.07) is 7.09. The SMILES string of the molecule is COC(=O)c1cccc(C(=O)N(C)CC2CCCCN2C)c1.O=C(O)C(F)(F)F. The van der Waals surface area contributed by atoms with Gasteiger partial charge in [0.25, 0.3) is 5.91 Å². The highest BCUT2D eigenvalue weighted by molar-refractivity contribution is 5.97. The smallest absolute Gasteiger partial charge is 0.475 e. The van der Waals surface area contributed by atoms with Crippen molar-refractivity contribution in [2.75, 3.05) is 34.3 Å². The van der Waals surface area contributed by atoms with Gasteiger partial charge in [0.2, 0.25) is 0 Å². The van der Waals surface area contributed by atoms with E-state index in [0.29, 0.717) is 23.7 Å². The van der Waals surface area contributed by atoms with Crippen LogP contribution >= 0.6 is 0 Å². The highest BCUT2D eigenvalue weighted by atomic mass is 19.4. The lowest BCUT2D eigenvalue weighted by atomic mass is 10.0. The molecule has 1 heterocycles. The minimum atomic E-state index is -5.08. The van der Waals surface area contributed by atoms with Gasteiger partial charge in [0.1, 0.15) is 0 Å². The van der Waals surface area contributed by atoms with Crippen molar-refractivity contribution in [3.8, 4) is 0 Å². The number of hydrogen-bond donors (Lipinski definition) is 1. The Morgan fingerprint density at radius 2 is 1.83 bits per heavy atom. The summed E-state index contributed by atoms with van der Waals surface area (Å²) in [5.41, 5.74) is 0.917. The van der Waals surface area contributed by atoms with Gasteiger partial charge in [-0.3, -0.25) is 4.79 Å². The second kappa shape index (κ2) is 10.8. The standard InChI is InChI=1S/C17H24N2O3.C2HF3O2/c1-18-10-5-4-9-15(18)12-19(2)16(20)13-7-6-8-14(11-13)17(21)22-3;3-2(4,5)1(6)7/h6-8,11,15H,4-5,9-10,12H2,1-3H3;(H,6,7). The van der Waals surface area contributed by atoms with Crippen molar-refractivity contribution in [3.05, 3.63) is 35.4 Å². The number of alkyl halides is 3. The van der Waals surface area contributed by atoms with Gasteiger partial charge in [0, 0.05) is 25.2 Å². The van der Waals surface area contributed by atoms with E-state index in [4.69, 9.17) is 14.6 Å². The molecule has 162 valence electrons. The first-order valence-corrected chi connectivity index (χ1v) is 8.91. The fraction of sp³-hybridized carbons (Fsp3) is 0.526. The first-order valence-electron chi connectivity index (χ1n) is 8.91. The van der Waals surface area contributed by atoms with E-state index in [-0.39, 0.29) is 5.91 Å². The van der Waals surface area contributed by atoms with Crippen LogP contribution in [0.4, 0.5) is 13.2 Å². The molecule has 1 aromatic rings. The van der Waals surface area contributed by atoms with Crippen molar-refractivity contribution in [2.24, 2.45) is 0 Å². The summed E-state index contributed by atoms with van der Waals surface area (Å²) in [5.74, 6) is -3.25. The molecule has 29 heavy (non-hydrogen) atoms. The Labute approximate surface area is 167 Å². The predicted molar refractivity (Wildman–Crippen MR) is 98.7 cm³/mol. The molecule has 0 spiro atoms. The van der Waals surface area contributed by atoms with Gasteiger partial charge in [0.05, 0.1) is 12.7 Å². The monoisotopic (exact) mass is 418 g/mol. The van der Waals surface area contributed by atoms with Crippen LogP contribution in [0.1, 0.15) is 40.0 Å². The van der Waals surface area contributed by atoms with E-state index in [9.17, 15) is 22.8 Å². The summed E-state index contributed by atoms with van der Waals surface area (Å²) in [5, 5.41) is 7.12. The molecule has 1 N–H and O–H groups in total. The number of halogens is 3. The van der Waals surface area contributed by atoms with E-state index in [1.165, 1.54) is 20.0 Å². The summed E-state index contributed by atoms with van der Waals surface area (Å²) >= 11 is 0. The second-order valence-corrected chi connectivity index (χ2v) is 6.69. The number of amides is 1. The van der Waals surface area contributed by atoms with Crippen LogP contribution in [-0.4, -0.2) is 79.3 Å². The van der Waals surface area contributed by atoms with Crippen LogP contribution in [0.25, 0.3) is 0 Å². The number of methoxy groups -OCH3 is 1. The fourth-order valence-corrected chi connectivity index (χ4v) is 2.89. The number of hydrogen-bond acceptors (Lipinski definition) is 5. The van der Waals surface area contributed by atoms with Crippen molar-refractivity contribution in [3.63, 3.8) is 0 Å². The lowest BCUT2D eigenvalue weighted by Gasteiger charge is -2.35. The Balaban J connectivity index is 0.000000516. The van der Waals surface area contributed by atoms with Crippen LogP contribution in [-0.2, 0) is 9.53 Å². The minimum absolute atomic E-state index is 0.0651. The number of esters is 1. The second-order valence-electron chi connectivity index (χ2n) is 6.69. The molecule has 1 aliphatic heterocycles. The van der Waals surface area contributed by atoms with Crippen LogP contribution in [0.3, 0.4) is 0 Å². The highest BCUT2D eigenvalue weighted by Crippen LogP contribution is 2.17. The zero-order valence-electron chi connectivity index (χ0n) is 16.5. The summed E-state index contributed by atoms with van der Waals surface area (Å²) in [6.45, 7) is 1.79. The number of likely N-dealkylation sites (N-methyl/N-ethyl adjacent to an activating group) is 2. The van der Waals surface area contributed by atoms with E-state index in [1.54, 1.807) is 29.2 Å². The maximum atomic E-state index is 12.5. The molecule has 1 aliphatic rings. The number of carboxylic acid groups (broad SMARTS) is 1. The van der Waals surface area contributed by atoms with E-state index < -0.39 is 18.1 Å². The third-order valence-electron chi connectivity index (χ3n) is 4.53. The van der Waals surface area contributed by atoms with Crippen molar-refractivity contribution in [1.82, 2.24) is 9.80 Å². The van der Waals surface area contributed by atoms with E-state index in [2.05, 4.69) is 11.9 Å². The van der Waals surface area contributed by atoms with Gasteiger partial charge < -0.3 is 19.6 Å². The normalized spacial score (nSPS) is 17.0. The van der Waals surface area contributed by atoms with Gasteiger partial charge in [-0.05, 0) is 44.6 Å². The number of nitrogens with zero attached hydrogens (tertiary/aromatic N) is 2. The molecule has 1 amide bonds. The number of benzene rings is 1. The number of carbonyl (C=O) groups is 3. The van der Waals surface area contributed by atoms with Gasteiger partial charge in [-0.2, -0.15) is 13.2 Å². The quantitative estimate of drug-likeness (QED) is 0.757. The Bertz CT molecular complexity index is 724. The Morgan fingerprint density at radius 1 is 1.24 bits per heavy atom. The molecule has 1 atom stereocenters. The molecule has 0 bridgehead atoms. The molecule has 1 saturated heterocycles. The van der Waals surface area contributed by atoms with Crippen molar-refractivity contribution in [1.29, 1.82) is 0 Å². The number of aliphatic carboxylic acids is 1. The summed E-state index contributed by atoms with van der Waals surface area (Å²) in [6.07, 6.45) is -1.52. The van der Waals surface area contributed by atoms with E-state index >= 15 is 0 Å². The first-order chi connectivity index (χ1) is 13.5. The van der Waals surface area contributed by atoms with Gasteiger partial charge in [-0.15, -0.1) is 0 Å². The number of piperidine rings is 1. The van der Waals surface area contributed by atoms with Crippen molar-refractivity contribution in [2.45, 2.75) is 31.5 Å². The van der Waals surface area contributed by atoms with Crippen LogP contribution in [0.5, 0.6) is 0 Å². The fourth-order valence-electron chi connectivity index (χ4n) is 2.89. The predicted octanol–water partition coefficient (Wildman–Crippen LogP) is 2.66. The molecule has 7 nitrogen and oxygen atoms in total. The zero-order valence-corrected chi connectivity index (χ0v) is 16.5. The molecular weight excluding hydrogens is 393 g/mol. The van der Waals surface area contributed by atoms with Gasteiger partial charge >= 0.3 is 18.1 Å². The molecule has 1 unspecified atom stereocenters. The number of carbonyl (C=O) groups excluding carboxylic acids is 2. The van der Waals surface area contributed by atoms with Crippen molar-refractivity contribution >= 4 is 17.8 Å². The van der Waals surface area contributed by atoms with Crippen LogP contribution in [0.15, 0.2) is 24.3 Å². The van der Waals surface area contributed by atoms with Crippen molar-refractivity contribution < 1.29 is 37.4 Å². The van der Waals surface area contributed by atoms with Crippen LogP contribution in [0.2, 0.25) is 0 Å². The lowest BCUT2D eigenvalue weighted by molar-refractivity contribution is -0.192. The number of rotatable bonds is 4. The largest absolute Gasteiger partial charge is 0.490 e. The summed E-state index contributed by atoms with van der Waals surface area (Å²) < 4.78 is 36.4. The molecule has 0 aromatic heterocycles.